The molecule has 2 amide bonds. The molecule has 1 aliphatic heterocycles. The summed E-state index contributed by atoms with van der Waals surface area (Å²) in [6.45, 7) is 3.28. The van der Waals surface area contributed by atoms with E-state index in [0.29, 0.717) is 17.4 Å². The molecule has 0 aromatic carbocycles. The summed E-state index contributed by atoms with van der Waals surface area (Å²) in [7, 11) is 0. The molecule has 1 saturated heterocycles. The molecule has 3 atom stereocenters. The lowest BCUT2D eigenvalue weighted by Crippen LogP contribution is -2.52. The number of carbonyl (C=O) groups excluding carboxylic acids is 2. The Labute approximate surface area is 263 Å². The molecular formula is C31H34N10O3S. The fourth-order valence-corrected chi connectivity index (χ4v) is 8.04. The van der Waals surface area contributed by atoms with Crippen molar-refractivity contribution in [3.63, 3.8) is 0 Å². The van der Waals surface area contributed by atoms with Gasteiger partial charge in [-0.25, -0.2) is 9.31 Å². The summed E-state index contributed by atoms with van der Waals surface area (Å²) in [5, 5.41) is 31.5. The van der Waals surface area contributed by atoms with E-state index in [2.05, 4.69) is 36.9 Å². The second-order valence-electron chi connectivity index (χ2n) is 12.2. The average Bonchev–Trinajstić information content (AvgIpc) is 3.73. The van der Waals surface area contributed by atoms with Crippen molar-refractivity contribution in [1.82, 2.24) is 30.1 Å². The summed E-state index contributed by atoms with van der Waals surface area (Å²) in [6, 6.07) is 10.2. The molecule has 14 heteroatoms. The number of pyridine rings is 1. The fourth-order valence-electron chi connectivity index (χ4n) is 7.15. The lowest BCUT2D eigenvalue weighted by molar-refractivity contribution is -0.120. The van der Waals surface area contributed by atoms with Crippen LogP contribution in [0.15, 0.2) is 36.7 Å². The highest BCUT2D eigenvalue weighted by atomic mass is 32.1. The number of carbonyl (C=O) groups is 2. The molecule has 2 bridgehead atoms. The molecular weight excluding hydrogens is 592 g/mol. The quantitative estimate of drug-likeness (QED) is 0.272. The Morgan fingerprint density at radius 3 is 2.56 bits per heavy atom. The highest BCUT2D eigenvalue weighted by Gasteiger charge is 2.43. The smallest absolute Gasteiger partial charge is 0.404 e. The molecule has 4 aromatic heterocycles. The van der Waals surface area contributed by atoms with E-state index in [0.717, 1.165) is 89.9 Å². The number of fused-ring (bicyclic) bond motifs is 3. The minimum atomic E-state index is -0.734. The molecule has 5 heterocycles. The largest absolute Gasteiger partial charge is 0.446 e. The molecule has 45 heavy (non-hydrogen) atoms. The van der Waals surface area contributed by atoms with Crippen molar-refractivity contribution in [2.75, 3.05) is 23.3 Å². The molecule has 0 spiro atoms. The summed E-state index contributed by atoms with van der Waals surface area (Å²) >= 11 is 1.55. The van der Waals surface area contributed by atoms with Crippen LogP contribution in [0, 0.1) is 23.2 Å². The van der Waals surface area contributed by atoms with Crippen molar-refractivity contribution in [2.24, 2.45) is 17.6 Å². The topological polar surface area (TPSA) is 176 Å². The van der Waals surface area contributed by atoms with Gasteiger partial charge >= 0.3 is 6.09 Å². The van der Waals surface area contributed by atoms with Gasteiger partial charge in [0.15, 0.2) is 5.01 Å². The van der Waals surface area contributed by atoms with Crippen LogP contribution in [0.25, 0.3) is 27.5 Å². The third-order valence-electron chi connectivity index (χ3n) is 9.23. The summed E-state index contributed by atoms with van der Waals surface area (Å²) < 4.78 is 7.02. The first-order valence-electron chi connectivity index (χ1n) is 15.3. The Morgan fingerprint density at radius 1 is 1.07 bits per heavy atom. The van der Waals surface area contributed by atoms with Gasteiger partial charge in [-0.3, -0.25) is 9.78 Å². The van der Waals surface area contributed by atoms with Crippen molar-refractivity contribution in [3.05, 3.63) is 42.2 Å². The maximum absolute atomic E-state index is 11.8. The number of nitriles is 1. The van der Waals surface area contributed by atoms with Gasteiger partial charge < -0.3 is 26.0 Å². The summed E-state index contributed by atoms with van der Waals surface area (Å²) in [5.74, 6) is 0.840. The van der Waals surface area contributed by atoms with Gasteiger partial charge in [-0.15, -0.1) is 10.2 Å². The maximum atomic E-state index is 11.8. The first kappa shape index (κ1) is 29.0. The third kappa shape index (κ3) is 5.87. The van der Waals surface area contributed by atoms with Crippen LogP contribution in [0.4, 0.5) is 15.6 Å². The lowest BCUT2D eigenvalue weighted by atomic mass is 9.92. The monoisotopic (exact) mass is 626 g/mol. The zero-order chi connectivity index (χ0) is 31.1. The molecule has 0 radical (unpaired) electrons. The molecule has 3 aliphatic rings. The molecule has 4 aromatic rings. The van der Waals surface area contributed by atoms with Crippen molar-refractivity contribution in [1.29, 1.82) is 5.26 Å². The zero-order valence-corrected chi connectivity index (χ0v) is 25.7. The van der Waals surface area contributed by atoms with Crippen molar-refractivity contribution >= 4 is 39.7 Å². The normalized spacial score (nSPS) is 24.3. The number of rotatable bonds is 7. The number of nitrogens with two attached hydrogens (primary N) is 1. The first-order valence-corrected chi connectivity index (χ1v) is 16.1. The number of aromatic nitrogens is 5. The molecule has 2 aliphatic carbocycles. The Morgan fingerprint density at radius 2 is 1.84 bits per heavy atom. The van der Waals surface area contributed by atoms with Gasteiger partial charge in [-0.1, -0.05) is 11.3 Å². The van der Waals surface area contributed by atoms with E-state index in [9.17, 15) is 14.9 Å². The highest BCUT2D eigenvalue weighted by molar-refractivity contribution is 7.18. The average molecular weight is 627 g/mol. The van der Waals surface area contributed by atoms with E-state index in [-0.39, 0.29) is 24.1 Å². The number of anilines is 2. The van der Waals surface area contributed by atoms with Gasteiger partial charge in [-0.05, 0) is 74.6 Å². The van der Waals surface area contributed by atoms with Gasteiger partial charge in [0.1, 0.15) is 12.2 Å². The third-order valence-corrected chi connectivity index (χ3v) is 10.2. The number of hydrogen-bond acceptors (Lipinski definition) is 11. The van der Waals surface area contributed by atoms with E-state index in [1.165, 1.54) is 0 Å². The molecule has 232 valence electrons. The lowest BCUT2D eigenvalue weighted by Gasteiger charge is -2.37. The van der Waals surface area contributed by atoms with E-state index >= 15 is 0 Å². The van der Waals surface area contributed by atoms with Gasteiger partial charge in [0.25, 0.3) is 0 Å². The minimum absolute atomic E-state index is 0.0317. The van der Waals surface area contributed by atoms with E-state index < -0.39 is 6.09 Å². The molecule has 3 fully saturated rings. The number of primary amides is 1. The van der Waals surface area contributed by atoms with E-state index in [1.807, 2.05) is 24.4 Å². The Bertz CT molecular complexity index is 1780. The maximum Gasteiger partial charge on any atom is 0.404 e. The zero-order valence-electron chi connectivity index (χ0n) is 24.8. The van der Waals surface area contributed by atoms with Crippen LogP contribution in [-0.4, -0.2) is 68.1 Å². The second-order valence-corrected chi connectivity index (χ2v) is 13.2. The summed E-state index contributed by atoms with van der Waals surface area (Å²) in [6.07, 6.45) is 7.76. The van der Waals surface area contributed by atoms with Crippen molar-refractivity contribution in [2.45, 2.75) is 63.6 Å². The Kier molecular flexibility index (Phi) is 7.70. The predicted molar refractivity (Wildman–Crippen MR) is 168 cm³/mol. The van der Waals surface area contributed by atoms with Crippen LogP contribution in [0.3, 0.4) is 0 Å². The Hall–Kier alpha value is -4.77. The van der Waals surface area contributed by atoms with Crippen LogP contribution in [0.2, 0.25) is 0 Å². The van der Waals surface area contributed by atoms with E-state index in [4.69, 9.17) is 15.5 Å². The first-order chi connectivity index (χ1) is 21.8. The van der Waals surface area contributed by atoms with Gasteiger partial charge in [0, 0.05) is 44.0 Å². The summed E-state index contributed by atoms with van der Waals surface area (Å²) in [4.78, 5) is 30.2. The Balaban J connectivity index is 1.17. The van der Waals surface area contributed by atoms with Crippen LogP contribution < -0.4 is 21.3 Å². The standard InChI is InChI=1S/C31H34N10O3S/c1-17(42)36-28-19-2-3-20(28)16-40(15-19)31-39-38-29(45-31)24-14-34-26(27-9-6-22-10-18(12-32)13-35-41(22)27)11-25(24)37-21-4-7-23(8-5-21)44-30(33)43/h6,9-11,13-14,19-21,23,28H,2-5,7-8,15-16H2,1H3,(H2,33,43)(H,34,37)(H,36,42)/t19-,20+,21?,23?,28-. The van der Waals surface area contributed by atoms with Crippen LogP contribution >= 0.6 is 11.3 Å². The SMILES string of the molecule is CC(=O)N[C@@H]1[C@@H]2CC[C@H]1CN(c1nnc(-c3cnc(-c4ccc5cc(C#N)cnn45)cc3NC3CCC(OC(N)=O)CC3)s1)C2. The van der Waals surface area contributed by atoms with Crippen molar-refractivity contribution in [3.8, 4) is 28.0 Å². The van der Waals surface area contributed by atoms with E-state index in [1.54, 1.807) is 35.0 Å². The molecule has 0 unspecified atom stereocenters. The number of hydrogen-bond donors (Lipinski definition) is 3. The number of nitrogens with one attached hydrogen (secondary N) is 2. The number of nitrogens with zero attached hydrogens (tertiary/aromatic N) is 7. The van der Waals surface area contributed by atoms with Crippen LogP contribution in [-0.2, 0) is 9.53 Å². The predicted octanol–water partition coefficient (Wildman–Crippen LogP) is 3.96. The van der Waals surface area contributed by atoms with Crippen LogP contribution in [0.1, 0.15) is 51.0 Å². The van der Waals surface area contributed by atoms with Gasteiger partial charge in [-0.2, -0.15) is 10.4 Å². The second kappa shape index (κ2) is 12.0. The molecule has 13 nitrogen and oxygen atoms in total. The number of ether oxygens (including phenoxy) is 1. The number of amides is 2. The fraction of sp³-hybridized carbons (Fsp3) is 0.452. The van der Waals surface area contributed by atoms with Gasteiger partial charge in [0.05, 0.1) is 34.2 Å². The highest BCUT2D eigenvalue weighted by Crippen LogP contribution is 2.42. The molecule has 7 rings (SSSR count). The van der Waals surface area contributed by atoms with Crippen molar-refractivity contribution < 1.29 is 14.3 Å². The number of piperidine rings is 1. The molecule has 4 N–H and O–H groups in total. The van der Waals surface area contributed by atoms with Gasteiger partial charge in [0.2, 0.25) is 11.0 Å². The van der Waals surface area contributed by atoms with Crippen LogP contribution in [0.5, 0.6) is 0 Å². The molecule has 2 saturated carbocycles. The summed E-state index contributed by atoms with van der Waals surface area (Å²) in [5.41, 5.74) is 9.82. The minimum Gasteiger partial charge on any atom is -0.446 e.